The molecule has 2 bridgehead atoms. The van der Waals surface area contributed by atoms with Crippen LogP contribution in [-0.2, 0) is 14.3 Å². The smallest absolute Gasteiger partial charge is 0.258 e. The van der Waals surface area contributed by atoms with E-state index in [1.54, 1.807) is 0 Å². The van der Waals surface area contributed by atoms with E-state index in [0.29, 0.717) is 12.8 Å². The fourth-order valence-corrected chi connectivity index (χ4v) is 3.04. The predicted octanol–water partition coefficient (Wildman–Crippen LogP) is 0.0449. The number of carbonyl (C=O) groups excluding carboxylic acids is 2. The van der Waals surface area contributed by atoms with Gasteiger partial charge in [-0.2, -0.15) is 0 Å². The van der Waals surface area contributed by atoms with E-state index in [1.807, 2.05) is 0 Å². The molecule has 3 heterocycles. The number of ether oxygens (including phenoxy) is 1. The normalized spacial score (nSPS) is 38.4. The molecule has 17 heavy (non-hydrogen) atoms. The highest BCUT2D eigenvalue weighted by molar-refractivity contribution is 6.02. The number of hydrogen-bond donors (Lipinski definition) is 1. The molecule has 5 nitrogen and oxygen atoms in total. The largest absolute Gasteiger partial charge is 0.355 e. The lowest BCUT2D eigenvalue weighted by Gasteiger charge is -2.35. The van der Waals surface area contributed by atoms with Gasteiger partial charge < -0.3 is 10.1 Å². The summed E-state index contributed by atoms with van der Waals surface area (Å²) >= 11 is 0. The minimum Gasteiger partial charge on any atom is -0.355 e. The molecule has 3 fully saturated rings. The third kappa shape index (κ3) is 1.87. The van der Waals surface area contributed by atoms with Crippen LogP contribution in [0.1, 0.15) is 32.1 Å². The number of fused-ring (bicyclic) bond motifs is 2. The van der Waals surface area contributed by atoms with Crippen LogP contribution in [0.4, 0.5) is 0 Å². The highest BCUT2D eigenvalue weighted by Gasteiger charge is 2.48. The van der Waals surface area contributed by atoms with E-state index in [9.17, 15) is 9.59 Å². The van der Waals surface area contributed by atoms with E-state index in [2.05, 4.69) is 5.32 Å². The van der Waals surface area contributed by atoms with Gasteiger partial charge in [-0.3, -0.25) is 14.5 Å². The maximum atomic E-state index is 12.2. The second-order valence-electron chi connectivity index (χ2n) is 5.07. The lowest BCUT2D eigenvalue weighted by Crippen LogP contribution is -2.56. The Hall–Kier alpha value is -0.940. The molecule has 3 rings (SSSR count). The molecule has 1 N–H and O–H groups in total. The van der Waals surface area contributed by atoms with E-state index >= 15 is 0 Å². The Morgan fingerprint density at radius 1 is 1.00 bits per heavy atom. The molecule has 0 saturated carbocycles. The van der Waals surface area contributed by atoms with Crippen molar-refractivity contribution in [1.82, 2.24) is 10.2 Å². The van der Waals surface area contributed by atoms with Gasteiger partial charge >= 0.3 is 0 Å². The van der Waals surface area contributed by atoms with Crippen LogP contribution >= 0.6 is 0 Å². The summed E-state index contributed by atoms with van der Waals surface area (Å²) in [6.07, 6.45) is 3.52. The average molecular weight is 238 g/mol. The second kappa shape index (κ2) is 4.38. The zero-order valence-electron chi connectivity index (χ0n) is 9.85. The van der Waals surface area contributed by atoms with Crippen molar-refractivity contribution in [2.75, 3.05) is 13.1 Å². The van der Waals surface area contributed by atoms with Crippen molar-refractivity contribution < 1.29 is 14.3 Å². The van der Waals surface area contributed by atoms with Gasteiger partial charge in [0.05, 0.1) is 0 Å². The molecule has 3 atom stereocenters. The lowest BCUT2D eigenvalue weighted by molar-refractivity contribution is -0.171. The molecule has 0 aromatic rings. The number of hydrogen-bond acceptors (Lipinski definition) is 4. The Bertz CT molecular complexity index is 315. The van der Waals surface area contributed by atoms with Crippen molar-refractivity contribution >= 4 is 11.8 Å². The molecule has 3 saturated heterocycles. The van der Waals surface area contributed by atoms with E-state index in [4.69, 9.17) is 4.74 Å². The molecular formula is C12H18N2O3. The van der Waals surface area contributed by atoms with Crippen LogP contribution in [0.5, 0.6) is 0 Å². The van der Waals surface area contributed by atoms with Crippen molar-refractivity contribution in [3.63, 3.8) is 0 Å². The number of imide groups is 1. The SMILES string of the molecule is O=C1C2CCC(O2)C(=O)N1C1CCCNCC1. The summed E-state index contributed by atoms with van der Waals surface area (Å²) in [6.45, 7) is 1.87. The minimum atomic E-state index is -0.353. The van der Waals surface area contributed by atoms with E-state index in [-0.39, 0.29) is 30.1 Å². The molecule has 3 aliphatic rings. The van der Waals surface area contributed by atoms with Gasteiger partial charge in [-0.1, -0.05) is 0 Å². The zero-order chi connectivity index (χ0) is 11.8. The monoisotopic (exact) mass is 238 g/mol. The van der Waals surface area contributed by atoms with Crippen LogP contribution in [0.15, 0.2) is 0 Å². The summed E-state index contributed by atoms with van der Waals surface area (Å²) in [4.78, 5) is 25.8. The summed E-state index contributed by atoms with van der Waals surface area (Å²) < 4.78 is 5.42. The number of amides is 2. The van der Waals surface area contributed by atoms with E-state index in [0.717, 1.165) is 32.4 Å². The Morgan fingerprint density at radius 2 is 1.71 bits per heavy atom. The quantitative estimate of drug-likeness (QED) is 0.656. The number of morpholine rings is 1. The maximum absolute atomic E-state index is 12.2. The van der Waals surface area contributed by atoms with Crippen LogP contribution < -0.4 is 5.32 Å². The molecule has 0 spiro atoms. The molecule has 0 aromatic heterocycles. The highest BCUT2D eigenvalue weighted by Crippen LogP contribution is 2.31. The fraction of sp³-hybridized carbons (Fsp3) is 0.833. The Morgan fingerprint density at radius 3 is 2.41 bits per heavy atom. The first-order valence-corrected chi connectivity index (χ1v) is 6.50. The molecule has 0 radical (unpaired) electrons. The Labute approximate surface area is 100 Å². The molecule has 94 valence electrons. The molecule has 0 aliphatic carbocycles. The van der Waals surface area contributed by atoms with Crippen LogP contribution in [0, 0.1) is 0 Å². The summed E-state index contributed by atoms with van der Waals surface area (Å²) in [5, 5.41) is 3.30. The Kier molecular flexibility index (Phi) is 2.88. The van der Waals surface area contributed by atoms with Gasteiger partial charge in [0, 0.05) is 6.04 Å². The van der Waals surface area contributed by atoms with Crippen molar-refractivity contribution in [3.05, 3.63) is 0 Å². The first kappa shape index (κ1) is 11.2. The third-order valence-corrected chi connectivity index (χ3v) is 3.96. The third-order valence-electron chi connectivity index (χ3n) is 3.96. The van der Waals surface area contributed by atoms with Gasteiger partial charge in [0.1, 0.15) is 12.2 Å². The molecule has 0 aromatic carbocycles. The lowest BCUT2D eigenvalue weighted by atomic mass is 10.1. The van der Waals surface area contributed by atoms with Gasteiger partial charge in [-0.25, -0.2) is 0 Å². The minimum absolute atomic E-state index is 0.0806. The predicted molar refractivity (Wildman–Crippen MR) is 60.3 cm³/mol. The number of nitrogens with zero attached hydrogens (tertiary/aromatic N) is 1. The maximum Gasteiger partial charge on any atom is 0.258 e. The fourth-order valence-electron chi connectivity index (χ4n) is 3.04. The van der Waals surface area contributed by atoms with Crippen LogP contribution in [0.25, 0.3) is 0 Å². The highest BCUT2D eigenvalue weighted by atomic mass is 16.5. The van der Waals surface area contributed by atoms with Crippen molar-refractivity contribution in [1.29, 1.82) is 0 Å². The van der Waals surface area contributed by atoms with Gasteiger partial charge in [-0.15, -0.1) is 0 Å². The first-order chi connectivity index (χ1) is 8.27. The van der Waals surface area contributed by atoms with Crippen molar-refractivity contribution in [2.24, 2.45) is 0 Å². The molecule has 3 aliphatic heterocycles. The van der Waals surface area contributed by atoms with Crippen LogP contribution in [-0.4, -0.2) is 48.1 Å². The van der Waals surface area contributed by atoms with Gasteiger partial charge in [0.25, 0.3) is 11.8 Å². The molecule has 5 heteroatoms. The number of rotatable bonds is 1. The topological polar surface area (TPSA) is 58.6 Å². The standard InChI is InChI=1S/C12H18N2O3/c15-11-9-3-4-10(17-9)12(16)14(11)8-2-1-6-13-7-5-8/h8-10,13H,1-7H2. The molecule has 2 amide bonds. The van der Waals surface area contributed by atoms with Crippen LogP contribution in [0.2, 0.25) is 0 Å². The number of likely N-dealkylation sites (tertiary alicyclic amines) is 1. The van der Waals surface area contributed by atoms with Crippen molar-refractivity contribution in [2.45, 2.75) is 50.4 Å². The Balaban J connectivity index is 1.80. The van der Waals surface area contributed by atoms with Crippen molar-refractivity contribution in [3.8, 4) is 0 Å². The summed E-state index contributed by atoms with van der Waals surface area (Å²) in [5.41, 5.74) is 0. The average Bonchev–Trinajstić information content (AvgIpc) is 2.61. The summed E-state index contributed by atoms with van der Waals surface area (Å²) in [7, 11) is 0. The number of carbonyl (C=O) groups is 2. The number of nitrogens with one attached hydrogen (secondary N) is 1. The van der Waals surface area contributed by atoms with E-state index in [1.165, 1.54) is 4.90 Å². The van der Waals surface area contributed by atoms with Gasteiger partial charge in [0.15, 0.2) is 0 Å². The summed E-state index contributed by atoms with van der Waals surface area (Å²) in [5.74, 6) is -0.202. The first-order valence-electron chi connectivity index (χ1n) is 6.50. The second-order valence-corrected chi connectivity index (χ2v) is 5.07. The van der Waals surface area contributed by atoms with Gasteiger partial charge in [-0.05, 0) is 45.2 Å². The van der Waals surface area contributed by atoms with E-state index < -0.39 is 0 Å². The zero-order valence-corrected chi connectivity index (χ0v) is 9.85. The molecular weight excluding hydrogens is 220 g/mol. The molecule has 3 unspecified atom stereocenters. The van der Waals surface area contributed by atoms with Gasteiger partial charge in [0.2, 0.25) is 0 Å². The van der Waals surface area contributed by atoms with Crippen LogP contribution in [0.3, 0.4) is 0 Å². The summed E-state index contributed by atoms with van der Waals surface area (Å²) in [6, 6.07) is 0.0806.